The van der Waals surface area contributed by atoms with E-state index in [4.69, 9.17) is 10.2 Å². The lowest BCUT2D eigenvalue weighted by molar-refractivity contribution is 0.511. The lowest BCUT2D eigenvalue weighted by atomic mass is 10.3. The van der Waals surface area contributed by atoms with Gasteiger partial charge < -0.3 is 10.2 Å². The van der Waals surface area contributed by atoms with Gasteiger partial charge in [0, 0.05) is 18.5 Å². The molecule has 0 amide bonds. The van der Waals surface area contributed by atoms with Crippen LogP contribution in [0.25, 0.3) is 11.1 Å². The Balaban J connectivity index is 2.49. The van der Waals surface area contributed by atoms with Gasteiger partial charge in [-0.15, -0.1) is 0 Å². The SMILES string of the molecule is CS(=O)(=O)CCn1c(=O)oc2ccc(N)cc21. The Morgan fingerprint density at radius 1 is 1.41 bits per heavy atom. The van der Waals surface area contributed by atoms with Gasteiger partial charge in [0.15, 0.2) is 5.58 Å². The van der Waals surface area contributed by atoms with Gasteiger partial charge in [0.1, 0.15) is 9.84 Å². The zero-order valence-electron chi connectivity index (χ0n) is 9.21. The summed E-state index contributed by atoms with van der Waals surface area (Å²) in [6.45, 7) is 0.0636. The summed E-state index contributed by atoms with van der Waals surface area (Å²) >= 11 is 0. The van der Waals surface area contributed by atoms with Gasteiger partial charge in [0.25, 0.3) is 0 Å². The van der Waals surface area contributed by atoms with Crippen molar-refractivity contribution in [2.45, 2.75) is 6.54 Å². The van der Waals surface area contributed by atoms with Crippen LogP contribution in [0.2, 0.25) is 0 Å². The average Bonchev–Trinajstić information content (AvgIpc) is 2.49. The molecule has 2 aromatic rings. The first-order chi connectivity index (χ1) is 7.87. The summed E-state index contributed by atoms with van der Waals surface area (Å²) in [6, 6.07) is 4.79. The number of benzene rings is 1. The highest BCUT2D eigenvalue weighted by atomic mass is 32.2. The van der Waals surface area contributed by atoms with Crippen molar-refractivity contribution in [3.05, 3.63) is 28.7 Å². The zero-order valence-corrected chi connectivity index (χ0v) is 10.0. The maximum absolute atomic E-state index is 11.5. The summed E-state index contributed by atoms with van der Waals surface area (Å²) in [5, 5.41) is 0. The number of hydrogen-bond donors (Lipinski definition) is 1. The largest absolute Gasteiger partial charge is 0.419 e. The predicted octanol–water partition coefficient (Wildman–Crippen LogP) is 0.221. The Kier molecular flexibility index (Phi) is 2.70. The van der Waals surface area contributed by atoms with Gasteiger partial charge in [-0.05, 0) is 18.2 Å². The molecule has 17 heavy (non-hydrogen) atoms. The Morgan fingerprint density at radius 3 is 2.76 bits per heavy atom. The summed E-state index contributed by atoms with van der Waals surface area (Å²) in [6.07, 6.45) is 1.12. The Morgan fingerprint density at radius 2 is 2.12 bits per heavy atom. The van der Waals surface area contributed by atoms with E-state index in [1.165, 1.54) is 4.57 Å². The van der Waals surface area contributed by atoms with Crippen molar-refractivity contribution in [2.75, 3.05) is 17.7 Å². The van der Waals surface area contributed by atoms with Crippen LogP contribution in [0.3, 0.4) is 0 Å². The number of nitrogens with two attached hydrogens (primary N) is 1. The molecule has 0 unspecified atom stereocenters. The van der Waals surface area contributed by atoms with E-state index >= 15 is 0 Å². The second-order valence-electron chi connectivity index (χ2n) is 3.88. The highest BCUT2D eigenvalue weighted by molar-refractivity contribution is 7.90. The van der Waals surface area contributed by atoms with Crippen LogP contribution in [0.15, 0.2) is 27.4 Å². The molecule has 2 rings (SSSR count). The number of anilines is 1. The van der Waals surface area contributed by atoms with E-state index in [2.05, 4.69) is 0 Å². The summed E-state index contributed by atoms with van der Waals surface area (Å²) in [5.41, 5.74) is 7.01. The number of aromatic nitrogens is 1. The molecule has 1 aromatic heterocycles. The van der Waals surface area contributed by atoms with E-state index in [1.807, 2.05) is 0 Å². The Hall–Kier alpha value is -1.76. The second-order valence-corrected chi connectivity index (χ2v) is 6.14. The average molecular weight is 256 g/mol. The van der Waals surface area contributed by atoms with Crippen LogP contribution in [0.5, 0.6) is 0 Å². The van der Waals surface area contributed by atoms with Crippen molar-refractivity contribution in [1.82, 2.24) is 4.57 Å². The van der Waals surface area contributed by atoms with E-state index in [0.717, 1.165) is 6.26 Å². The van der Waals surface area contributed by atoms with Gasteiger partial charge in [-0.2, -0.15) is 0 Å². The number of nitrogen functional groups attached to an aromatic ring is 1. The Bertz CT molecular complexity index is 711. The van der Waals surface area contributed by atoms with Crippen LogP contribution in [0.1, 0.15) is 0 Å². The molecule has 0 fully saturated rings. The van der Waals surface area contributed by atoms with Gasteiger partial charge >= 0.3 is 5.76 Å². The second kappa shape index (κ2) is 3.92. The highest BCUT2D eigenvalue weighted by Gasteiger charge is 2.11. The van der Waals surface area contributed by atoms with Gasteiger partial charge in [-0.25, -0.2) is 13.2 Å². The first kappa shape index (κ1) is 11.7. The minimum Gasteiger partial charge on any atom is -0.408 e. The first-order valence-corrected chi connectivity index (χ1v) is 6.99. The van der Waals surface area contributed by atoms with Crippen molar-refractivity contribution in [3.63, 3.8) is 0 Å². The van der Waals surface area contributed by atoms with Crippen LogP contribution < -0.4 is 11.5 Å². The van der Waals surface area contributed by atoms with Crippen LogP contribution in [0.4, 0.5) is 5.69 Å². The van der Waals surface area contributed by atoms with Crippen molar-refractivity contribution < 1.29 is 12.8 Å². The van der Waals surface area contributed by atoms with Crippen LogP contribution in [0, 0.1) is 0 Å². The lowest BCUT2D eigenvalue weighted by Crippen LogP contribution is -2.19. The molecule has 0 bridgehead atoms. The van der Waals surface area contributed by atoms with Crippen LogP contribution in [-0.4, -0.2) is 25.0 Å². The topological polar surface area (TPSA) is 95.3 Å². The van der Waals surface area contributed by atoms with Gasteiger partial charge in [0.2, 0.25) is 0 Å². The number of rotatable bonds is 3. The fourth-order valence-corrected chi connectivity index (χ4v) is 2.06. The molecular formula is C10H12N2O4S. The number of nitrogens with zero attached hydrogens (tertiary/aromatic N) is 1. The molecular weight excluding hydrogens is 244 g/mol. The predicted molar refractivity (Wildman–Crippen MR) is 64.6 cm³/mol. The van der Waals surface area contributed by atoms with E-state index in [1.54, 1.807) is 18.2 Å². The minimum atomic E-state index is -3.13. The fraction of sp³-hybridized carbons (Fsp3) is 0.300. The number of hydrogen-bond acceptors (Lipinski definition) is 5. The van der Waals surface area contributed by atoms with Gasteiger partial charge in [-0.1, -0.05) is 0 Å². The number of aryl methyl sites for hydroxylation is 1. The normalized spacial score (nSPS) is 12.1. The van der Waals surface area contributed by atoms with Crippen LogP contribution >= 0.6 is 0 Å². The monoisotopic (exact) mass is 256 g/mol. The van der Waals surface area contributed by atoms with Gasteiger partial charge in [0.05, 0.1) is 11.3 Å². The smallest absolute Gasteiger partial charge is 0.408 e. The zero-order chi connectivity index (χ0) is 12.6. The third kappa shape index (κ3) is 2.50. The highest BCUT2D eigenvalue weighted by Crippen LogP contribution is 2.16. The maximum Gasteiger partial charge on any atom is 0.419 e. The summed E-state index contributed by atoms with van der Waals surface area (Å²) in [5.74, 6) is -0.690. The lowest BCUT2D eigenvalue weighted by Gasteiger charge is -2.01. The Labute approximate surface area is 97.6 Å². The number of oxazole rings is 1. The van der Waals surface area contributed by atoms with Crippen LogP contribution in [-0.2, 0) is 16.4 Å². The van der Waals surface area contributed by atoms with Gasteiger partial charge in [-0.3, -0.25) is 4.57 Å². The molecule has 7 heteroatoms. The maximum atomic E-state index is 11.5. The van der Waals surface area contributed by atoms with Crippen molar-refractivity contribution in [3.8, 4) is 0 Å². The first-order valence-electron chi connectivity index (χ1n) is 4.93. The van der Waals surface area contributed by atoms with Crippen molar-refractivity contribution in [1.29, 1.82) is 0 Å². The fourth-order valence-electron chi connectivity index (χ4n) is 1.55. The van der Waals surface area contributed by atoms with E-state index in [-0.39, 0.29) is 12.3 Å². The number of fused-ring (bicyclic) bond motifs is 1. The third-order valence-electron chi connectivity index (χ3n) is 2.38. The molecule has 0 radical (unpaired) electrons. The molecule has 6 nitrogen and oxygen atoms in total. The molecule has 1 aromatic carbocycles. The van der Waals surface area contributed by atoms with Crippen molar-refractivity contribution in [2.24, 2.45) is 0 Å². The minimum absolute atomic E-state index is 0.0636. The number of sulfone groups is 1. The molecule has 1 heterocycles. The molecule has 0 aliphatic heterocycles. The third-order valence-corrected chi connectivity index (χ3v) is 3.30. The quantitative estimate of drug-likeness (QED) is 0.793. The van der Waals surface area contributed by atoms with E-state index < -0.39 is 15.6 Å². The summed E-state index contributed by atoms with van der Waals surface area (Å²) < 4.78 is 28.4. The molecule has 0 saturated carbocycles. The van der Waals surface area contributed by atoms with E-state index in [9.17, 15) is 13.2 Å². The molecule has 0 aliphatic carbocycles. The molecule has 0 saturated heterocycles. The summed E-state index contributed by atoms with van der Waals surface area (Å²) in [4.78, 5) is 11.5. The molecule has 92 valence electrons. The molecule has 0 atom stereocenters. The summed E-state index contributed by atoms with van der Waals surface area (Å²) in [7, 11) is -3.13. The molecule has 0 spiro atoms. The molecule has 0 aliphatic rings. The standard InChI is InChI=1S/C10H12N2O4S/c1-17(14,15)5-4-12-8-6-7(11)2-3-9(8)16-10(12)13/h2-3,6H,4-5,11H2,1H3. The molecule has 2 N–H and O–H groups in total. The van der Waals surface area contributed by atoms with Crippen molar-refractivity contribution >= 4 is 26.6 Å². The van der Waals surface area contributed by atoms with E-state index in [0.29, 0.717) is 16.8 Å².